The third-order valence-electron chi connectivity index (χ3n) is 10.2. The first-order valence-electron chi connectivity index (χ1n) is 19.1. The average Bonchev–Trinajstić information content (AvgIpc) is 3.83. The van der Waals surface area contributed by atoms with E-state index >= 15 is 0 Å². The Kier molecular flexibility index (Phi) is 14.6. The number of fused-ring (bicyclic) bond motifs is 1. The van der Waals surface area contributed by atoms with E-state index in [1.807, 2.05) is 44.2 Å². The Morgan fingerprint density at radius 2 is 1.70 bits per heavy atom. The lowest BCUT2D eigenvalue weighted by molar-refractivity contribution is -0.133. The van der Waals surface area contributed by atoms with Gasteiger partial charge in [0.25, 0.3) is 0 Å². The van der Waals surface area contributed by atoms with E-state index in [1.54, 1.807) is 24.4 Å². The molecule has 2 aliphatic rings. The highest BCUT2D eigenvalue weighted by Gasteiger charge is 2.34. The molecule has 1 fully saturated rings. The molecule has 13 nitrogen and oxygen atoms in total. The standard InChI is InChI=1S/C41H53N7O6/c1-26(2)22-44-38(50)20-36(49)33(16-27-9-5-3-6-10-27)47-41(53)35(19-31-23-43-25-45-31)48-40(52)34(17-28-11-7-4-8-12-28)46-39(51)18-30-24-54-37-14-13-29(21-42)15-32(30)37/h4,7-8,11-15,23,25-27,30,33-36,49H,3,5-6,9-10,16-20,22,24H2,1-2H3,(H,43,45)(H,44,50)(H,46,51)(H,47,53)(H,48,52)/t30?,33-,34-,35-,36-/m0/s1. The van der Waals surface area contributed by atoms with Crippen molar-refractivity contribution in [2.45, 2.75) is 108 Å². The van der Waals surface area contributed by atoms with E-state index in [2.05, 4.69) is 37.3 Å². The van der Waals surface area contributed by atoms with Gasteiger partial charge in [-0.3, -0.25) is 19.2 Å². The minimum Gasteiger partial charge on any atom is -0.493 e. The number of carbonyl (C=O) groups excluding carboxylic acids is 4. The predicted molar refractivity (Wildman–Crippen MR) is 202 cm³/mol. The molecule has 3 aromatic rings. The van der Waals surface area contributed by atoms with E-state index in [-0.39, 0.29) is 61.9 Å². The van der Waals surface area contributed by atoms with Gasteiger partial charge in [-0.05, 0) is 42.0 Å². The summed E-state index contributed by atoms with van der Waals surface area (Å²) in [4.78, 5) is 61.8. The zero-order valence-corrected chi connectivity index (χ0v) is 31.2. The number of H-pyrrole nitrogens is 1. The summed E-state index contributed by atoms with van der Waals surface area (Å²) in [5, 5.41) is 32.4. The van der Waals surface area contributed by atoms with E-state index < -0.39 is 36.0 Å². The highest BCUT2D eigenvalue weighted by Crippen LogP contribution is 2.36. The van der Waals surface area contributed by atoms with Crippen LogP contribution in [0.2, 0.25) is 0 Å². The molecule has 2 heterocycles. The lowest BCUT2D eigenvalue weighted by Crippen LogP contribution is -2.57. The fourth-order valence-corrected chi connectivity index (χ4v) is 7.25. The van der Waals surface area contributed by atoms with Crippen molar-refractivity contribution in [1.29, 1.82) is 5.26 Å². The number of benzene rings is 2. The van der Waals surface area contributed by atoms with Gasteiger partial charge in [-0.2, -0.15) is 5.26 Å². The van der Waals surface area contributed by atoms with Crippen LogP contribution in [0.4, 0.5) is 0 Å². The number of imidazole rings is 1. The van der Waals surface area contributed by atoms with Gasteiger partial charge < -0.3 is 36.1 Å². The van der Waals surface area contributed by atoms with E-state index in [4.69, 9.17) is 4.74 Å². The fraction of sp³-hybridized carbons (Fsp3) is 0.512. The van der Waals surface area contributed by atoms with Crippen LogP contribution in [0.3, 0.4) is 0 Å². The Morgan fingerprint density at radius 3 is 2.41 bits per heavy atom. The molecule has 54 heavy (non-hydrogen) atoms. The van der Waals surface area contributed by atoms with Crippen molar-refractivity contribution in [3.63, 3.8) is 0 Å². The van der Waals surface area contributed by atoms with Crippen molar-refractivity contribution in [3.05, 3.63) is 83.4 Å². The third-order valence-corrected chi connectivity index (χ3v) is 10.2. The van der Waals surface area contributed by atoms with Crippen LogP contribution in [0.15, 0.2) is 61.1 Å². The molecule has 1 aromatic heterocycles. The van der Waals surface area contributed by atoms with Crippen molar-refractivity contribution in [1.82, 2.24) is 31.2 Å². The number of ether oxygens (including phenoxy) is 1. The maximum atomic E-state index is 14.2. The van der Waals surface area contributed by atoms with Crippen LogP contribution >= 0.6 is 0 Å². The van der Waals surface area contributed by atoms with Crippen molar-refractivity contribution in [2.24, 2.45) is 11.8 Å². The normalized spacial score (nSPS) is 17.6. The molecule has 1 aliphatic carbocycles. The number of aromatic nitrogens is 2. The van der Waals surface area contributed by atoms with Crippen LogP contribution in [-0.2, 0) is 32.0 Å². The lowest BCUT2D eigenvalue weighted by atomic mass is 9.83. The minimum absolute atomic E-state index is 0.0309. The molecule has 0 bridgehead atoms. The van der Waals surface area contributed by atoms with Crippen LogP contribution in [-0.4, -0.2) is 76.1 Å². The average molecular weight is 740 g/mol. The number of amides is 4. The van der Waals surface area contributed by atoms with Gasteiger partial charge in [0, 0.05) is 43.5 Å². The first-order valence-corrected chi connectivity index (χ1v) is 19.1. The van der Waals surface area contributed by atoms with Gasteiger partial charge in [-0.1, -0.05) is 76.3 Å². The Morgan fingerprint density at radius 1 is 0.963 bits per heavy atom. The summed E-state index contributed by atoms with van der Waals surface area (Å²) in [6, 6.07) is 13.7. The molecule has 1 unspecified atom stereocenters. The minimum atomic E-state index is -1.14. The molecule has 288 valence electrons. The molecular weight excluding hydrogens is 686 g/mol. The van der Waals surface area contributed by atoms with E-state index in [0.29, 0.717) is 30.0 Å². The quantitative estimate of drug-likeness (QED) is 0.114. The van der Waals surface area contributed by atoms with E-state index in [0.717, 1.165) is 43.2 Å². The summed E-state index contributed by atoms with van der Waals surface area (Å²) in [6.45, 7) is 4.73. The molecule has 4 amide bonds. The summed E-state index contributed by atoms with van der Waals surface area (Å²) >= 11 is 0. The van der Waals surface area contributed by atoms with Crippen LogP contribution in [0, 0.1) is 23.2 Å². The Hall–Kier alpha value is -5.22. The Bertz CT molecular complexity index is 1740. The number of aromatic amines is 1. The third kappa shape index (κ3) is 11.9. The molecule has 1 saturated carbocycles. The Labute approximate surface area is 317 Å². The molecule has 0 spiro atoms. The molecule has 5 rings (SSSR count). The number of nitriles is 1. The molecule has 6 N–H and O–H groups in total. The smallest absolute Gasteiger partial charge is 0.243 e. The number of nitrogens with one attached hydrogen (secondary N) is 5. The number of rotatable bonds is 18. The van der Waals surface area contributed by atoms with Crippen molar-refractivity contribution >= 4 is 23.6 Å². The number of carbonyl (C=O) groups is 4. The van der Waals surface area contributed by atoms with E-state index in [9.17, 15) is 29.5 Å². The highest BCUT2D eigenvalue weighted by molar-refractivity contribution is 5.92. The maximum absolute atomic E-state index is 14.2. The molecule has 0 saturated heterocycles. The summed E-state index contributed by atoms with van der Waals surface area (Å²) in [5.41, 5.74) is 2.58. The fourth-order valence-electron chi connectivity index (χ4n) is 7.25. The second-order valence-electron chi connectivity index (χ2n) is 15.0. The molecule has 0 radical (unpaired) electrons. The first kappa shape index (κ1) is 40.0. The predicted octanol–water partition coefficient (Wildman–Crippen LogP) is 3.58. The lowest BCUT2D eigenvalue weighted by Gasteiger charge is -2.31. The largest absolute Gasteiger partial charge is 0.493 e. The topological polar surface area (TPSA) is 198 Å². The first-order chi connectivity index (χ1) is 26.1. The monoisotopic (exact) mass is 739 g/mol. The number of aliphatic hydroxyl groups excluding tert-OH is 1. The number of nitrogens with zero attached hydrogens (tertiary/aromatic N) is 2. The van der Waals surface area contributed by atoms with Crippen molar-refractivity contribution in [3.8, 4) is 11.8 Å². The van der Waals surface area contributed by atoms with Crippen LogP contribution in [0.25, 0.3) is 0 Å². The Balaban J connectivity index is 1.32. The van der Waals surface area contributed by atoms with Gasteiger partial charge in [0.1, 0.15) is 17.8 Å². The number of hydrogen-bond donors (Lipinski definition) is 6. The zero-order chi connectivity index (χ0) is 38.5. The second-order valence-corrected chi connectivity index (χ2v) is 15.0. The molecule has 1 aliphatic heterocycles. The van der Waals surface area contributed by atoms with Gasteiger partial charge in [0.15, 0.2) is 0 Å². The van der Waals surface area contributed by atoms with Crippen LogP contribution < -0.4 is 26.0 Å². The SMILES string of the molecule is CC(C)CNC(=O)C[C@H](O)[C@H](CC1CCCCC1)NC(=O)[C@H](Cc1c[nH]cn1)NC(=O)[C@H](Cc1ccccc1)NC(=O)CC1COc2ccc(C#N)cc21. The summed E-state index contributed by atoms with van der Waals surface area (Å²) in [5.74, 6) is -0.898. The number of hydrogen-bond acceptors (Lipinski definition) is 8. The molecule has 13 heteroatoms. The highest BCUT2D eigenvalue weighted by atomic mass is 16.5. The van der Waals surface area contributed by atoms with Crippen LogP contribution in [0.5, 0.6) is 5.75 Å². The summed E-state index contributed by atoms with van der Waals surface area (Å²) in [7, 11) is 0. The van der Waals surface area contributed by atoms with E-state index in [1.165, 1.54) is 6.33 Å². The second kappa shape index (κ2) is 19.7. The van der Waals surface area contributed by atoms with Crippen LogP contribution in [0.1, 0.15) is 93.5 Å². The van der Waals surface area contributed by atoms with Crippen molar-refractivity contribution < 1.29 is 29.0 Å². The summed E-state index contributed by atoms with van der Waals surface area (Å²) < 4.78 is 5.77. The molecule has 5 atom stereocenters. The van der Waals surface area contributed by atoms with Gasteiger partial charge in [0.05, 0.1) is 48.8 Å². The van der Waals surface area contributed by atoms with Gasteiger partial charge in [-0.15, -0.1) is 0 Å². The zero-order valence-electron chi connectivity index (χ0n) is 31.2. The van der Waals surface area contributed by atoms with Gasteiger partial charge in [-0.25, -0.2) is 4.98 Å². The molecule has 2 aromatic carbocycles. The van der Waals surface area contributed by atoms with Gasteiger partial charge >= 0.3 is 0 Å². The van der Waals surface area contributed by atoms with Crippen molar-refractivity contribution in [2.75, 3.05) is 13.2 Å². The molecular formula is C41H53N7O6. The number of aliphatic hydroxyl groups is 1. The maximum Gasteiger partial charge on any atom is 0.243 e. The summed E-state index contributed by atoms with van der Waals surface area (Å²) in [6.07, 6.45) is 7.82. The van der Waals surface area contributed by atoms with Gasteiger partial charge in [0.2, 0.25) is 23.6 Å².